The van der Waals surface area contributed by atoms with Crippen LogP contribution in [0.25, 0.3) is 10.9 Å². The standard InChI is InChI=1S/C17H17N5O2/c1-22-9-12(11-4-2-3-5-15(11)22)16(23)20-21-17(24)14-8-13(18-19-14)10-6-7-10/h2-5,8-10H,6-7H2,1H3,(H,18,19)(H,20,23)(H,21,24). The molecule has 0 unspecified atom stereocenters. The van der Waals surface area contributed by atoms with Crippen LogP contribution in [0.1, 0.15) is 45.3 Å². The highest BCUT2D eigenvalue weighted by Gasteiger charge is 2.26. The molecule has 1 aromatic carbocycles. The molecule has 0 radical (unpaired) electrons. The molecule has 0 aliphatic heterocycles. The first-order valence-electron chi connectivity index (χ1n) is 7.83. The van der Waals surface area contributed by atoms with E-state index < -0.39 is 5.91 Å². The Morgan fingerprint density at radius 2 is 1.96 bits per heavy atom. The molecule has 3 N–H and O–H groups in total. The molecule has 1 fully saturated rings. The second kappa shape index (κ2) is 5.52. The number of para-hydroxylation sites is 1. The lowest BCUT2D eigenvalue weighted by molar-refractivity contribution is 0.0844. The van der Waals surface area contributed by atoms with Crippen molar-refractivity contribution in [2.45, 2.75) is 18.8 Å². The van der Waals surface area contributed by atoms with E-state index in [1.54, 1.807) is 12.3 Å². The number of amides is 2. The summed E-state index contributed by atoms with van der Waals surface area (Å²) in [5.41, 5.74) is 7.57. The molecule has 1 aliphatic carbocycles. The molecule has 7 nitrogen and oxygen atoms in total. The van der Waals surface area contributed by atoms with Gasteiger partial charge in [-0.1, -0.05) is 18.2 Å². The van der Waals surface area contributed by atoms with Crippen LogP contribution in [0.5, 0.6) is 0 Å². The summed E-state index contributed by atoms with van der Waals surface area (Å²) in [7, 11) is 1.88. The zero-order valence-corrected chi connectivity index (χ0v) is 13.2. The van der Waals surface area contributed by atoms with E-state index in [2.05, 4.69) is 21.0 Å². The van der Waals surface area contributed by atoms with Gasteiger partial charge in [0.1, 0.15) is 0 Å². The minimum absolute atomic E-state index is 0.273. The van der Waals surface area contributed by atoms with E-state index in [9.17, 15) is 9.59 Å². The van der Waals surface area contributed by atoms with Crippen molar-refractivity contribution >= 4 is 22.7 Å². The van der Waals surface area contributed by atoms with E-state index in [4.69, 9.17) is 0 Å². The minimum atomic E-state index is -0.438. The molecule has 4 rings (SSSR count). The van der Waals surface area contributed by atoms with Crippen LogP contribution >= 0.6 is 0 Å². The van der Waals surface area contributed by atoms with Gasteiger partial charge < -0.3 is 4.57 Å². The molecule has 2 amide bonds. The van der Waals surface area contributed by atoms with Crippen molar-refractivity contribution in [3.63, 3.8) is 0 Å². The van der Waals surface area contributed by atoms with E-state index >= 15 is 0 Å². The normalized spacial score (nSPS) is 13.9. The summed E-state index contributed by atoms with van der Waals surface area (Å²) in [5, 5.41) is 7.69. The van der Waals surface area contributed by atoms with Gasteiger partial charge in [0, 0.05) is 35.8 Å². The van der Waals surface area contributed by atoms with E-state index in [1.807, 2.05) is 35.9 Å². The second-order valence-corrected chi connectivity index (χ2v) is 6.06. The van der Waals surface area contributed by atoms with Gasteiger partial charge in [0.15, 0.2) is 5.69 Å². The summed E-state index contributed by atoms with van der Waals surface area (Å²) in [4.78, 5) is 24.5. The first kappa shape index (κ1) is 14.5. The number of fused-ring (bicyclic) bond motifs is 1. The number of rotatable bonds is 3. The zero-order valence-electron chi connectivity index (χ0n) is 13.2. The van der Waals surface area contributed by atoms with Crippen molar-refractivity contribution in [2.75, 3.05) is 0 Å². The predicted octanol–water partition coefficient (Wildman–Crippen LogP) is 1.85. The number of nitrogens with one attached hydrogen (secondary N) is 3. The maximum atomic E-state index is 12.4. The molecule has 122 valence electrons. The number of aryl methyl sites for hydroxylation is 1. The number of hydrogen-bond donors (Lipinski definition) is 3. The van der Waals surface area contributed by atoms with Gasteiger partial charge in [-0.2, -0.15) is 5.10 Å². The van der Waals surface area contributed by atoms with Gasteiger partial charge in [0.2, 0.25) is 0 Å². The number of carbonyl (C=O) groups excluding carboxylic acids is 2. The van der Waals surface area contributed by atoms with E-state index in [-0.39, 0.29) is 11.6 Å². The molecule has 7 heteroatoms. The van der Waals surface area contributed by atoms with Crippen molar-refractivity contribution in [3.05, 3.63) is 53.5 Å². The Kier molecular flexibility index (Phi) is 3.34. The summed E-state index contributed by atoms with van der Waals surface area (Å²) in [6.07, 6.45) is 3.99. The van der Waals surface area contributed by atoms with Crippen LogP contribution in [-0.2, 0) is 7.05 Å². The Bertz CT molecular complexity index is 936. The van der Waals surface area contributed by atoms with E-state index in [1.165, 1.54) is 0 Å². The van der Waals surface area contributed by atoms with Crippen LogP contribution in [0.2, 0.25) is 0 Å². The lowest BCUT2D eigenvalue weighted by Gasteiger charge is -2.04. The number of aromatic nitrogens is 3. The Hall–Kier alpha value is -3.09. The highest BCUT2D eigenvalue weighted by molar-refractivity contribution is 6.07. The number of nitrogens with zero attached hydrogens (tertiary/aromatic N) is 2. The molecule has 0 bridgehead atoms. The average molecular weight is 323 g/mol. The highest BCUT2D eigenvalue weighted by atomic mass is 16.2. The molecule has 3 aromatic rings. The molecule has 2 aromatic heterocycles. The molecule has 0 spiro atoms. The van der Waals surface area contributed by atoms with Gasteiger partial charge in [0.25, 0.3) is 11.8 Å². The Morgan fingerprint density at radius 3 is 2.75 bits per heavy atom. The van der Waals surface area contributed by atoms with Gasteiger partial charge in [-0.05, 0) is 25.0 Å². The topological polar surface area (TPSA) is 91.8 Å². The largest absolute Gasteiger partial charge is 0.350 e. The summed E-state index contributed by atoms with van der Waals surface area (Å²) < 4.78 is 1.88. The van der Waals surface area contributed by atoms with Crippen molar-refractivity contribution < 1.29 is 9.59 Å². The number of benzene rings is 1. The molecule has 2 heterocycles. The Balaban J connectivity index is 1.46. The minimum Gasteiger partial charge on any atom is -0.350 e. The predicted molar refractivity (Wildman–Crippen MR) is 88.4 cm³/mol. The maximum Gasteiger partial charge on any atom is 0.290 e. The smallest absolute Gasteiger partial charge is 0.290 e. The first-order chi connectivity index (χ1) is 11.6. The van der Waals surface area contributed by atoms with Crippen molar-refractivity contribution in [1.29, 1.82) is 0 Å². The molecule has 0 atom stereocenters. The van der Waals surface area contributed by atoms with E-state index in [0.717, 1.165) is 29.4 Å². The number of hydrazine groups is 1. The molecule has 1 aliphatic rings. The SMILES string of the molecule is Cn1cc(C(=O)NNC(=O)c2cc(C3CC3)[nH]n2)c2ccccc21. The third-order valence-corrected chi connectivity index (χ3v) is 4.28. The second-order valence-electron chi connectivity index (χ2n) is 6.06. The molecular weight excluding hydrogens is 306 g/mol. The lowest BCUT2D eigenvalue weighted by atomic mass is 10.2. The number of carbonyl (C=O) groups is 2. The monoisotopic (exact) mass is 323 g/mol. The van der Waals surface area contributed by atoms with Gasteiger partial charge in [0.05, 0.1) is 5.56 Å². The van der Waals surface area contributed by atoms with Crippen LogP contribution in [-0.4, -0.2) is 26.6 Å². The van der Waals surface area contributed by atoms with Crippen LogP contribution in [0, 0.1) is 0 Å². The highest BCUT2D eigenvalue weighted by Crippen LogP contribution is 2.38. The first-order valence-corrected chi connectivity index (χ1v) is 7.83. The van der Waals surface area contributed by atoms with Crippen LogP contribution in [0.3, 0.4) is 0 Å². The fourth-order valence-corrected chi connectivity index (χ4v) is 2.82. The third-order valence-electron chi connectivity index (χ3n) is 4.28. The van der Waals surface area contributed by atoms with Crippen molar-refractivity contribution in [3.8, 4) is 0 Å². The van der Waals surface area contributed by atoms with Gasteiger partial charge >= 0.3 is 0 Å². The number of H-pyrrole nitrogens is 1. The molecule has 1 saturated carbocycles. The van der Waals surface area contributed by atoms with Crippen molar-refractivity contribution in [1.82, 2.24) is 25.6 Å². The summed E-state index contributed by atoms with van der Waals surface area (Å²) in [5.74, 6) is -0.311. The summed E-state index contributed by atoms with van der Waals surface area (Å²) in [6.45, 7) is 0. The van der Waals surface area contributed by atoms with E-state index in [0.29, 0.717) is 11.5 Å². The fourth-order valence-electron chi connectivity index (χ4n) is 2.82. The molecule has 24 heavy (non-hydrogen) atoms. The number of aromatic amines is 1. The van der Waals surface area contributed by atoms with Gasteiger partial charge in [-0.3, -0.25) is 25.5 Å². The molecular formula is C17H17N5O2. The van der Waals surface area contributed by atoms with Gasteiger partial charge in [-0.25, -0.2) is 0 Å². The Morgan fingerprint density at radius 1 is 1.21 bits per heavy atom. The lowest BCUT2D eigenvalue weighted by Crippen LogP contribution is -2.41. The maximum absolute atomic E-state index is 12.4. The number of hydrogen-bond acceptors (Lipinski definition) is 3. The van der Waals surface area contributed by atoms with Crippen LogP contribution in [0.15, 0.2) is 36.5 Å². The fraction of sp³-hybridized carbons (Fsp3) is 0.235. The quantitative estimate of drug-likeness (QED) is 0.642. The van der Waals surface area contributed by atoms with Crippen LogP contribution < -0.4 is 10.9 Å². The zero-order chi connectivity index (χ0) is 16.7. The van der Waals surface area contributed by atoms with Crippen molar-refractivity contribution in [2.24, 2.45) is 7.05 Å². The van der Waals surface area contributed by atoms with Crippen LogP contribution in [0.4, 0.5) is 0 Å². The Labute approximate surface area is 138 Å². The van der Waals surface area contributed by atoms with Gasteiger partial charge in [-0.15, -0.1) is 0 Å². The summed E-state index contributed by atoms with van der Waals surface area (Å²) in [6, 6.07) is 9.34. The average Bonchev–Trinajstić information content (AvgIpc) is 3.23. The summed E-state index contributed by atoms with van der Waals surface area (Å²) >= 11 is 0. The molecule has 0 saturated heterocycles. The third kappa shape index (κ3) is 2.54.